The number of aliphatic carboxylic acids is 1. The van der Waals surface area contributed by atoms with Gasteiger partial charge in [0.1, 0.15) is 6.54 Å². The van der Waals surface area contributed by atoms with Gasteiger partial charge in [0.25, 0.3) is 0 Å². The van der Waals surface area contributed by atoms with Gasteiger partial charge in [-0.3, -0.25) is 9.59 Å². The number of halogens is 2. The molecule has 0 amide bonds. The van der Waals surface area contributed by atoms with Gasteiger partial charge in [-0.25, -0.2) is 0 Å². The Morgan fingerprint density at radius 2 is 1.85 bits per heavy atom. The average Bonchev–Trinajstić information content (AvgIpc) is 3.15. The van der Waals surface area contributed by atoms with Crippen molar-refractivity contribution < 1.29 is 9.90 Å². The summed E-state index contributed by atoms with van der Waals surface area (Å²) in [6.45, 7) is 1.69. The second-order valence-electron chi connectivity index (χ2n) is 6.46. The highest BCUT2D eigenvalue weighted by Gasteiger charge is 2.19. The number of fused-ring (bicyclic) bond motifs is 2. The molecule has 0 spiro atoms. The van der Waals surface area contributed by atoms with Crippen LogP contribution in [-0.2, 0) is 11.3 Å². The quantitative estimate of drug-likeness (QED) is 0.625. The van der Waals surface area contributed by atoms with Gasteiger partial charge < -0.3 is 14.6 Å². The number of rotatable bonds is 3. The van der Waals surface area contributed by atoms with Crippen molar-refractivity contribution in [2.24, 2.45) is 0 Å². The Hall–Kier alpha value is -2.05. The van der Waals surface area contributed by atoms with Crippen LogP contribution >= 0.6 is 27.5 Å². The first-order chi connectivity index (χ1) is 12.5. The van der Waals surface area contributed by atoms with Crippen LogP contribution in [0.3, 0.4) is 0 Å². The largest absolute Gasteiger partial charge is 0.480 e. The summed E-state index contributed by atoms with van der Waals surface area (Å²) in [5, 5.41) is 10.8. The first-order valence-electron chi connectivity index (χ1n) is 8.38. The lowest BCUT2D eigenvalue weighted by molar-refractivity contribution is -0.137. The maximum absolute atomic E-state index is 13.0. The molecule has 0 aliphatic carbocycles. The van der Waals surface area contributed by atoms with Crippen LogP contribution in [-0.4, -0.2) is 28.7 Å². The average molecular weight is 436 g/mol. The molecule has 0 bridgehead atoms. The fourth-order valence-corrected chi connectivity index (χ4v) is 4.37. The summed E-state index contributed by atoms with van der Waals surface area (Å²) in [6.07, 6.45) is 2.28. The molecule has 7 heteroatoms. The molecule has 1 fully saturated rings. The molecule has 5 nitrogen and oxygen atoms in total. The minimum atomic E-state index is -0.977. The Morgan fingerprint density at radius 1 is 1.15 bits per heavy atom. The number of carbonyl (C=O) groups is 1. The topological polar surface area (TPSA) is 62.5 Å². The van der Waals surface area contributed by atoms with E-state index < -0.39 is 5.97 Å². The van der Waals surface area contributed by atoms with Crippen LogP contribution in [0.25, 0.3) is 21.8 Å². The van der Waals surface area contributed by atoms with Crippen LogP contribution in [0.5, 0.6) is 0 Å². The first kappa shape index (κ1) is 17.4. The SMILES string of the molecule is O=C(O)Cn1c2cc(N3CCCC3)ccc2c(=O)c2ccc(Cl)c(Br)c21. The highest BCUT2D eigenvalue weighted by atomic mass is 79.9. The molecule has 134 valence electrons. The van der Waals surface area contributed by atoms with Crippen LogP contribution in [0, 0.1) is 0 Å². The number of hydrogen-bond acceptors (Lipinski definition) is 3. The molecule has 26 heavy (non-hydrogen) atoms. The van der Waals surface area contributed by atoms with Crippen molar-refractivity contribution in [3.05, 3.63) is 50.1 Å². The van der Waals surface area contributed by atoms with Gasteiger partial charge in [0, 0.05) is 29.5 Å². The van der Waals surface area contributed by atoms with Crippen molar-refractivity contribution in [3.8, 4) is 0 Å². The number of carboxylic acids is 1. The number of hydrogen-bond donors (Lipinski definition) is 1. The fourth-order valence-electron chi connectivity index (χ4n) is 3.66. The summed E-state index contributed by atoms with van der Waals surface area (Å²) >= 11 is 9.65. The Kier molecular flexibility index (Phi) is 4.40. The third-order valence-electron chi connectivity index (χ3n) is 4.86. The van der Waals surface area contributed by atoms with Gasteiger partial charge >= 0.3 is 5.97 Å². The number of benzene rings is 2. The summed E-state index contributed by atoms with van der Waals surface area (Å²) < 4.78 is 2.19. The van der Waals surface area contributed by atoms with E-state index >= 15 is 0 Å². The zero-order valence-corrected chi connectivity index (χ0v) is 16.2. The van der Waals surface area contributed by atoms with E-state index in [1.165, 1.54) is 0 Å². The van der Waals surface area contributed by atoms with E-state index in [-0.39, 0.29) is 12.0 Å². The van der Waals surface area contributed by atoms with Crippen molar-refractivity contribution in [1.29, 1.82) is 0 Å². The minimum Gasteiger partial charge on any atom is -0.480 e. The van der Waals surface area contributed by atoms with Gasteiger partial charge in [-0.1, -0.05) is 11.6 Å². The number of pyridine rings is 1. The van der Waals surface area contributed by atoms with E-state index in [9.17, 15) is 14.7 Å². The highest BCUT2D eigenvalue weighted by Crippen LogP contribution is 2.33. The standard InChI is InChI=1S/C19H16BrClN2O3/c20-17-14(21)6-5-13-18(17)23(10-16(24)25)15-9-11(22-7-1-2-8-22)3-4-12(15)19(13)26/h3-6,9H,1-2,7-8,10H2,(H,24,25). The number of aromatic nitrogens is 1. The Morgan fingerprint density at radius 3 is 2.54 bits per heavy atom. The zero-order chi connectivity index (χ0) is 18.4. The lowest BCUT2D eigenvalue weighted by atomic mass is 10.1. The third kappa shape index (κ3) is 2.77. The molecule has 2 aromatic carbocycles. The molecular formula is C19H16BrClN2O3. The second-order valence-corrected chi connectivity index (χ2v) is 7.66. The summed E-state index contributed by atoms with van der Waals surface area (Å²) in [5.41, 5.74) is 2.00. The molecule has 1 saturated heterocycles. The van der Waals surface area contributed by atoms with Crippen molar-refractivity contribution >= 4 is 61.0 Å². The minimum absolute atomic E-state index is 0.123. The number of anilines is 1. The maximum atomic E-state index is 13.0. The number of nitrogens with zero attached hydrogens (tertiary/aromatic N) is 2. The summed E-state index contributed by atoms with van der Waals surface area (Å²) in [6, 6.07) is 8.95. The van der Waals surface area contributed by atoms with Gasteiger partial charge in [0.2, 0.25) is 0 Å². The van der Waals surface area contributed by atoms with E-state index in [1.807, 2.05) is 12.1 Å². The lowest BCUT2D eigenvalue weighted by Gasteiger charge is -2.20. The van der Waals surface area contributed by atoms with Crippen molar-refractivity contribution in [2.45, 2.75) is 19.4 Å². The molecule has 1 aliphatic rings. The van der Waals surface area contributed by atoms with Crippen LogP contribution in [0.15, 0.2) is 39.6 Å². The van der Waals surface area contributed by atoms with E-state index in [4.69, 9.17) is 11.6 Å². The molecule has 0 radical (unpaired) electrons. The zero-order valence-electron chi connectivity index (χ0n) is 13.8. The molecule has 0 atom stereocenters. The molecule has 2 heterocycles. The monoisotopic (exact) mass is 434 g/mol. The van der Waals surface area contributed by atoms with E-state index in [0.29, 0.717) is 31.3 Å². The van der Waals surface area contributed by atoms with Crippen molar-refractivity contribution in [2.75, 3.05) is 18.0 Å². The van der Waals surface area contributed by atoms with Crippen molar-refractivity contribution in [3.63, 3.8) is 0 Å². The highest BCUT2D eigenvalue weighted by molar-refractivity contribution is 9.10. The molecule has 1 aliphatic heterocycles. The molecule has 4 rings (SSSR count). The Labute approximate surface area is 162 Å². The number of carboxylic acid groups (broad SMARTS) is 1. The van der Waals surface area contributed by atoms with Crippen LogP contribution < -0.4 is 10.3 Å². The predicted molar refractivity (Wildman–Crippen MR) is 108 cm³/mol. The van der Waals surface area contributed by atoms with Gasteiger partial charge in [-0.15, -0.1) is 0 Å². The fraction of sp³-hybridized carbons (Fsp3) is 0.263. The smallest absolute Gasteiger partial charge is 0.323 e. The molecular weight excluding hydrogens is 420 g/mol. The van der Waals surface area contributed by atoms with Gasteiger partial charge in [-0.2, -0.15) is 0 Å². The van der Waals surface area contributed by atoms with Crippen LogP contribution in [0.1, 0.15) is 12.8 Å². The first-order valence-corrected chi connectivity index (χ1v) is 9.55. The van der Waals surface area contributed by atoms with Crippen LogP contribution in [0.2, 0.25) is 5.02 Å². The Balaban J connectivity index is 2.12. The maximum Gasteiger partial charge on any atom is 0.323 e. The second kappa shape index (κ2) is 6.59. The van der Waals surface area contributed by atoms with E-state index in [1.54, 1.807) is 22.8 Å². The van der Waals surface area contributed by atoms with Crippen LogP contribution in [0.4, 0.5) is 5.69 Å². The van der Waals surface area contributed by atoms with Crippen molar-refractivity contribution in [1.82, 2.24) is 4.57 Å². The molecule has 0 unspecified atom stereocenters. The van der Waals surface area contributed by atoms with Gasteiger partial charge in [0.15, 0.2) is 5.43 Å². The molecule has 1 N–H and O–H groups in total. The predicted octanol–water partition coefficient (Wildman–Crippen LogP) is 4.26. The summed E-state index contributed by atoms with van der Waals surface area (Å²) in [4.78, 5) is 26.8. The van der Waals surface area contributed by atoms with E-state index in [2.05, 4.69) is 20.8 Å². The lowest BCUT2D eigenvalue weighted by Crippen LogP contribution is -2.19. The molecule has 3 aromatic rings. The van der Waals surface area contributed by atoms with Gasteiger partial charge in [0.05, 0.1) is 20.5 Å². The normalized spacial score (nSPS) is 14.5. The third-order valence-corrected chi connectivity index (χ3v) is 6.21. The van der Waals surface area contributed by atoms with E-state index in [0.717, 1.165) is 31.6 Å². The molecule has 0 saturated carbocycles. The van der Waals surface area contributed by atoms with Gasteiger partial charge in [-0.05, 0) is 59.1 Å². The Bertz CT molecular complexity index is 1100. The summed E-state index contributed by atoms with van der Waals surface area (Å²) in [7, 11) is 0. The summed E-state index contributed by atoms with van der Waals surface area (Å²) in [5.74, 6) is -0.977. The molecule has 1 aromatic heterocycles.